The molecule has 0 spiro atoms. The summed E-state index contributed by atoms with van der Waals surface area (Å²) >= 11 is 0. The molecule has 0 bridgehead atoms. The summed E-state index contributed by atoms with van der Waals surface area (Å²) in [5.41, 5.74) is 10.1. The predicted octanol–water partition coefficient (Wildman–Crippen LogP) is 3.49. The van der Waals surface area contributed by atoms with Gasteiger partial charge >= 0.3 is 0 Å². The zero-order chi connectivity index (χ0) is 12.4. The van der Waals surface area contributed by atoms with Gasteiger partial charge in [-0.1, -0.05) is 42.5 Å². The van der Waals surface area contributed by atoms with Crippen LogP contribution in [0.4, 0.5) is 0 Å². The molecule has 18 heavy (non-hydrogen) atoms. The highest BCUT2D eigenvalue weighted by molar-refractivity contribution is 5.97. The first-order valence-corrected chi connectivity index (χ1v) is 5.56. The van der Waals surface area contributed by atoms with Gasteiger partial charge in [-0.25, -0.2) is 0 Å². The van der Waals surface area contributed by atoms with Crippen molar-refractivity contribution in [3.63, 3.8) is 0 Å². The number of nitrogens with two attached hydrogens (primary N) is 1. The third-order valence-corrected chi connectivity index (χ3v) is 3.00. The van der Waals surface area contributed by atoms with Gasteiger partial charge in [0.1, 0.15) is 0 Å². The summed E-state index contributed by atoms with van der Waals surface area (Å²) in [6.45, 7) is 3.84. The second-order valence-electron chi connectivity index (χ2n) is 4.16. The molecule has 2 rings (SSSR count). The van der Waals surface area contributed by atoms with Crippen LogP contribution in [0.1, 0.15) is 21.5 Å². The lowest BCUT2D eigenvalue weighted by molar-refractivity contribution is 0.0999. The molecule has 1 amide bonds. The fourth-order valence-electron chi connectivity index (χ4n) is 2.16. The van der Waals surface area contributed by atoms with Crippen LogP contribution in [0.3, 0.4) is 0 Å². The van der Waals surface area contributed by atoms with Crippen molar-refractivity contribution in [2.45, 2.75) is 13.8 Å². The molecule has 3 heteroatoms. The number of halogens is 1. The molecule has 0 aromatic heterocycles. The van der Waals surface area contributed by atoms with Crippen molar-refractivity contribution in [2.24, 2.45) is 5.73 Å². The minimum Gasteiger partial charge on any atom is -0.366 e. The maximum Gasteiger partial charge on any atom is 0.249 e. The lowest BCUT2D eigenvalue weighted by Gasteiger charge is -2.12. The van der Waals surface area contributed by atoms with Gasteiger partial charge in [0.05, 0.1) is 0 Å². The molecule has 0 radical (unpaired) electrons. The van der Waals surface area contributed by atoms with Crippen molar-refractivity contribution in [3.05, 3.63) is 59.2 Å². The molecule has 0 saturated carbocycles. The van der Waals surface area contributed by atoms with Crippen LogP contribution in [0.15, 0.2) is 42.5 Å². The van der Waals surface area contributed by atoms with Crippen molar-refractivity contribution in [2.75, 3.05) is 0 Å². The second-order valence-corrected chi connectivity index (χ2v) is 4.16. The average Bonchev–Trinajstić information content (AvgIpc) is 2.30. The Balaban J connectivity index is 0.00000162. The molecule has 2 N–H and O–H groups in total. The Kier molecular flexibility index (Phi) is 4.51. The van der Waals surface area contributed by atoms with Gasteiger partial charge in [0.2, 0.25) is 5.91 Å². The maximum absolute atomic E-state index is 11.4. The number of primary amides is 1. The highest BCUT2D eigenvalue weighted by Crippen LogP contribution is 2.27. The van der Waals surface area contributed by atoms with Gasteiger partial charge in [-0.2, -0.15) is 0 Å². The van der Waals surface area contributed by atoms with E-state index in [1.807, 2.05) is 56.3 Å². The summed E-state index contributed by atoms with van der Waals surface area (Å²) in [5, 5.41) is 0. The molecule has 0 aliphatic rings. The van der Waals surface area contributed by atoms with Crippen LogP contribution in [0.25, 0.3) is 11.1 Å². The Morgan fingerprint density at radius 1 is 1.00 bits per heavy atom. The summed E-state index contributed by atoms with van der Waals surface area (Å²) < 4.78 is 0. The van der Waals surface area contributed by atoms with Crippen LogP contribution >= 0.6 is 12.4 Å². The molecule has 0 saturated heterocycles. The molecule has 0 unspecified atom stereocenters. The largest absolute Gasteiger partial charge is 0.366 e. The van der Waals surface area contributed by atoms with Crippen LogP contribution in [0.2, 0.25) is 0 Å². The first kappa shape index (κ1) is 14.3. The van der Waals surface area contributed by atoms with E-state index in [2.05, 4.69) is 0 Å². The molecule has 94 valence electrons. The van der Waals surface area contributed by atoms with E-state index in [4.69, 9.17) is 5.73 Å². The number of benzene rings is 2. The monoisotopic (exact) mass is 261 g/mol. The van der Waals surface area contributed by atoms with Crippen LogP contribution in [-0.2, 0) is 0 Å². The standard InChI is InChI=1S/C15H15NO.ClH/c1-10-8-9-13(11(2)14(10)15(16)17)12-6-4-3-5-7-12;/h3-9H,1-2H3,(H2,16,17);1H. The Morgan fingerprint density at radius 2 is 1.61 bits per heavy atom. The van der Waals surface area contributed by atoms with E-state index in [0.717, 1.165) is 22.3 Å². The summed E-state index contributed by atoms with van der Waals surface area (Å²) in [7, 11) is 0. The van der Waals surface area contributed by atoms with E-state index in [0.29, 0.717) is 5.56 Å². The fraction of sp³-hybridized carbons (Fsp3) is 0.133. The normalized spacial score (nSPS) is 9.67. The van der Waals surface area contributed by atoms with Crippen molar-refractivity contribution in [1.82, 2.24) is 0 Å². The van der Waals surface area contributed by atoms with Crippen molar-refractivity contribution >= 4 is 18.3 Å². The van der Waals surface area contributed by atoms with Gasteiger partial charge in [-0.05, 0) is 36.1 Å². The van der Waals surface area contributed by atoms with Gasteiger partial charge in [-0.3, -0.25) is 4.79 Å². The molecule has 2 aromatic carbocycles. The molecule has 0 atom stereocenters. The summed E-state index contributed by atoms with van der Waals surface area (Å²) in [6.07, 6.45) is 0. The maximum atomic E-state index is 11.4. The van der Waals surface area contributed by atoms with E-state index in [9.17, 15) is 4.79 Å². The first-order chi connectivity index (χ1) is 8.11. The van der Waals surface area contributed by atoms with Crippen LogP contribution in [-0.4, -0.2) is 5.91 Å². The molecule has 0 fully saturated rings. The number of amides is 1. The van der Waals surface area contributed by atoms with Gasteiger partial charge < -0.3 is 5.73 Å². The lowest BCUT2D eigenvalue weighted by Crippen LogP contribution is -2.15. The fourth-order valence-corrected chi connectivity index (χ4v) is 2.16. The van der Waals surface area contributed by atoms with Gasteiger partial charge in [0, 0.05) is 5.56 Å². The predicted molar refractivity (Wildman–Crippen MR) is 77.1 cm³/mol. The third-order valence-electron chi connectivity index (χ3n) is 3.00. The number of hydrogen-bond donors (Lipinski definition) is 1. The summed E-state index contributed by atoms with van der Waals surface area (Å²) in [5.74, 6) is -0.363. The zero-order valence-corrected chi connectivity index (χ0v) is 11.3. The highest BCUT2D eigenvalue weighted by Gasteiger charge is 2.12. The minimum absolute atomic E-state index is 0. The molecule has 2 nitrogen and oxygen atoms in total. The number of rotatable bonds is 2. The Labute approximate surface area is 113 Å². The number of carbonyl (C=O) groups is 1. The topological polar surface area (TPSA) is 43.1 Å². The molecule has 2 aromatic rings. The Bertz CT molecular complexity index is 564. The van der Waals surface area contributed by atoms with E-state index in [-0.39, 0.29) is 18.3 Å². The molecular weight excluding hydrogens is 246 g/mol. The first-order valence-electron chi connectivity index (χ1n) is 5.56. The van der Waals surface area contributed by atoms with Crippen LogP contribution < -0.4 is 5.73 Å². The van der Waals surface area contributed by atoms with Crippen molar-refractivity contribution in [1.29, 1.82) is 0 Å². The highest BCUT2D eigenvalue weighted by atomic mass is 35.5. The summed E-state index contributed by atoms with van der Waals surface area (Å²) in [6, 6.07) is 14.0. The second kappa shape index (κ2) is 5.69. The molecular formula is C15H16ClNO. The van der Waals surface area contributed by atoms with Gasteiger partial charge in [0.15, 0.2) is 0 Å². The Hall–Kier alpha value is -1.80. The lowest BCUT2D eigenvalue weighted by atomic mass is 9.93. The van der Waals surface area contributed by atoms with E-state index in [1.54, 1.807) is 0 Å². The van der Waals surface area contributed by atoms with Crippen LogP contribution in [0, 0.1) is 13.8 Å². The minimum atomic E-state index is -0.363. The van der Waals surface area contributed by atoms with Gasteiger partial charge in [-0.15, -0.1) is 12.4 Å². The van der Waals surface area contributed by atoms with E-state index in [1.165, 1.54) is 0 Å². The van der Waals surface area contributed by atoms with E-state index >= 15 is 0 Å². The smallest absolute Gasteiger partial charge is 0.249 e. The number of aryl methyl sites for hydroxylation is 1. The zero-order valence-electron chi connectivity index (χ0n) is 10.4. The number of carbonyl (C=O) groups excluding carboxylic acids is 1. The number of hydrogen-bond acceptors (Lipinski definition) is 1. The van der Waals surface area contributed by atoms with E-state index < -0.39 is 0 Å². The summed E-state index contributed by atoms with van der Waals surface area (Å²) in [4.78, 5) is 11.4. The molecule has 0 heterocycles. The molecule has 0 aliphatic heterocycles. The van der Waals surface area contributed by atoms with Gasteiger partial charge in [0.25, 0.3) is 0 Å². The quantitative estimate of drug-likeness (QED) is 0.884. The average molecular weight is 262 g/mol. The van der Waals surface area contributed by atoms with Crippen LogP contribution in [0.5, 0.6) is 0 Å². The third kappa shape index (κ3) is 2.54. The van der Waals surface area contributed by atoms with Crippen molar-refractivity contribution in [3.8, 4) is 11.1 Å². The van der Waals surface area contributed by atoms with Crippen molar-refractivity contribution < 1.29 is 4.79 Å². The molecule has 0 aliphatic carbocycles. The Morgan fingerprint density at radius 3 is 2.17 bits per heavy atom. The SMILES string of the molecule is Cc1ccc(-c2ccccc2)c(C)c1C(N)=O.Cl.